The maximum absolute atomic E-state index is 13.3. The van der Waals surface area contributed by atoms with E-state index in [1.165, 1.54) is 25.2 Å². The van der Waals surface area contributed by atoms with Gasteiger partial charge in [0.05, 0.1) is 5.69 Å². The molecule has 0 saturated carbocycles. The second-order valence-corrected chi connectivity index (χ2v) is 3.77. The molecule has 1 atom stereocenters. The van der Waals surface area contributed by atoms with Crippen molar-refractivity contribution in [2.75, 3.05) is 11.4 Å². The maximum atomic E-state index is 13.3. The molecule has 5 nitrogen and oxygen atoms in total. The number of carbonyl (C=O) groups is 1. The van der Waals surface area contributed by atoms with Crippen molar-refractivity contribution in [2.45, 2.75) is 0 Å². The molecule has 0 aliphatic carbocycles. The molecular weight excluding hydrogens is 223 g/mol. The monoisotopic (exact) mass is 230 g/mol. The van der Waals surface area contributed by atoms with Crippen LogP contribution in [-0.4, -0.2) is 22.4 Å². The molecule has 2 rings (SSSR count). The number of rotatable bonds is 1. The lowest BCUT2D eigenvalue weighted by Crippen LogP contribution is -2.29. The zero-order valence-electron chi connectivity index (χ0n) is 7.71. The molecule has 7 heteroatoms. The average Bonchev–Trinajstić information content (AvgIpc) is 2.43. The van der Waals surface area contributed by atoms with Gasteiger partial charge in [0.1, 0.15) is 5.82 Å². The van der Waals surface area contributed by atoms with Crippen LogP contribution in [0.3, 0.4) is 0 Å². The molecule has 2 amide bonds. The number of anilines is 1. The highest BCUT2D eigenvalue weighted by Gasteiger charge is 2.37. The molecule has 1 heterocycles. The van der Waals surface area contributed by atoms with E-state index in [1.54, 1.807) is 6.07 Å². The molecule has 1 aromatic rings. The predicted octanol–water partition coefficient (Wildman–Crippen LogP) is 1.21. The molecule has 1 aliphatic heterocycles. The van der Waals surface area contributed by atoms with Crippen LogP contribution in [0.15, 0.2) is 24.3 Å². The number of hydroxylamine groups is 2. The number of amides is 2. The molecule has 0 radical (unpaired) electrons. The summed E-state index contributed by atoms with van der Waals surface area (Å²) in [4.78, 5) is 11.4. The molecule has 0 aromatic heterocycles. The minimum atomic E-state index is -2.01. The molecule has 1 aromatic carbocycles. The van der Waals surface area contributed by atoms with Gasteiger partial charge in [-0.15, -0.1) is 4.28 Å². The maximum Gasteiger partial charge on any atom is 0.363 e. The van der Waals surface area contributed by atoms with Gasteiger partial charge in [0.2, 0.25) is 0 Å². The summed E-state index contributed by atoms with van der Waals surface area (Å²) in [6.07, 6.45) is 0. The van der Waals surface area contributed by atoms with Crippen molar-refractivity contribution in [3.8, 4) is 0 Å². The van der Waals surface area contributed by atoms with Crippen molar-refractivity contribution in [3.05, 3.63) is 30.1 Å². The summed E-state index contributed by atoms with van der Waals surface area (Å²) in [7, 11) is 1.31. The first kappa shape index (κ1) is 10.1. The van der Waals surface area contributed by atoms with Crippen LogP contribution in [0.25, 0.3) is 0 Å². The van der Waals surface area contributed by atoms with Gasteiger partial charge in [0.25, 0.3) is 11.3 Å². The van der Waals surface area contributed by atoms with E-state index in [2.05, 4.69) is 4.28 Å². The zero-order valence-corrected chi connectivity index (χ0v) is 8.53. The fourth-order valence-corrected chi connectivity index (χ4v) is 2.03. The minimum absolute atomic E-state index is 0.0646. The highest BCUT2D eigenvalue weighted by Crippen LogP contribution is 2.25. The van der Waals surface area contributed by atoms with Gasteiger partial charge >= 0.3 is 6.03 Å². The Labute approximate surface area is 87.8 Å². The van der Waals surface area contributed by atoms with Crippen molar-refractivity contribution in [1.82, 2.24) is 5.06 Å². The van der Waals surface area contributed by atoms with Gasteiger partial charge in [0, 0.05) is 7.05 Å². The summed E-state index contributed by atoms with van der Waals surface area (Å²) in [5, 5.41) is 0.794. The van der Waals surface area contributed by atoms with Gasteiger partial charge in [-0.3, -0.25) is 0 Å². The molecule has 1 unspecified atom stereocenters. The Morgan fingerprint density at radius 3 is 2.60 bits per heavy atom. The summed E-state index contributed by atoms with van der Waals surface area (Å²) in [6.45, 7) is 0. The summed E-state index contributed by atoms with van der Waals surface area (Å²) in [6, 6.07) is 4.89. The van der Waals surface area contributed by atoms with Gasteiger partial charge < -0.3 is 0 Å². The SMILES string of the molecule is CN1OS(=O)N(c2ccccc2F)C1=O. The summed E-state index contributed by atoms with van der Waals surface area (Å²) < 4.78 is 30.0. The van der Waals surface area contributed by atoms with E-state index in [4.69, 9.17) is 0 Å². The quantitative estimate of drug-likeness (QED) is 0.728. The van der Waals surface area contributed by atoms with Crippen LogP contribution in [0.1, 0.15) is 0 Å². The Hall–Kier alpha value is -1.47. The van der Waals surface area contributed by atoms with Crippen molar-refractivity contribution in [1.29, 1.82) is 0 Å². The van der Waals surface area contributed by atoms with Crippen LogP contribution in [0, 0.1) is 5.82 Å². The molecule has 0 bridgehead atoms. The van der Waals surface area contributed by atoms with E-state index in [0.717, 1.165) is 9.37 Å². The number of carbonyl (C=O) groups excluding carboxylic acids is 1. The highest BCUT2D eigenvalue weighted by molar-refractivity contribution is 7.83. The van der Waals surface area contributed by atoms with Gasteiger partial charge in [-0.05, 0) is 12.1 Å². The number of para-hydroxylation sites is 1. The van der Waals surface area contributed by atoms with Crippen molar-refractivity contribution < 1.29 is 17.7 Å². The summed E-state index contributed by atoms with van der Waals surface area (Å²) in [5.41, 5.74) is -0.0646. The van der Waals surface area contributed by atoms with E-state index < -0.39 is 23.1 Å². The van der Waals surface area contributed by atoms with Crippen LogP contribution in [-0.2, 0) is 15.6 Å². The van der Waals surface area contributed by atoms with E-state index in [0.29, 0.717) is 0 Å². The molecule has 0 spiro atoms. The minimum Gasteiger partial charge on any atom is -0.244 e. The standard InChI is InChI=1S/C8H7FN2O3S/c1-10-8(12)11(15(13)14-10)7-5-3-2-4-6(7)9/h2-5H,1H3. The molecule has 0 N–H and O–H groups in total. The number of nitrogens with zero attached hydrogens (tertiary/aromatic N) is 2. The van der Waals surface area contributed by atoms with Gasteiger partial charge in [-0.25, -0.2) is 13.4 Å². The van der Waals surface area contributed by atoms with E-state index in [1.807, 2.05) is 0 Å². The lowest BCUT2D eigenvalue weighted by Gasteiger charge is -2.10. The highest BCUT2D eigenvalue weighted by atomic mass is 32.2. The van der Waals surface area contributed by atoms with Crippen molar-refractivity contribution in [3.63, 3.8) is 0 Å². The summed E-state index contributed by atoms with van der Waals surface area (Å²) >= 11 is -2.01. The first-order chi connectivity index (χ1) is 7.11. The third-order valence-corrected chi connectivity index (χ3v) is 2.84. The number of halogens is 1. The number of hydrogen-bond acceptors (Lipinski definition) is 3. The molecule has 15 heavy (non-hydrogen) atoms. The third kappa shape index (κ3) is 1.59. The largest absolute Gasteiger partial charge is 0.363 e. The lowest BCUT2D eigenvalue weighted by atomic mass is 10.3. The van der Waals surface area contributed by atoms with Crippen molar-refractivity contribution >= 4 is 23.0 Å². The number of benzene rings is 1. The topological polar surface area (TPSA) is 49.9 Å². The molecule has 1 fully saturated rings. The first-order valence-electron chi connectivity index (χ1n) is 4.04. The Morgan fingerprint density at radius 2 is 2.07 bits per heavy atom. The van der Waals surface area contributed by atoms with Crippen molar-refractivity contribution in [2.24, 2.45) is 0 Å². The second-order valence-electron chi connectivity index (χ2n) is 2.82. The summed E-state index contributed by atoms with van der Waals surface area (Å²) in [5.74, 6) is -0.627. The first-order valence-corrected chi connectivity index (χ1v) is 5.07. The van der Waals surface area contributed by atoms with Crippen LogP contribution in [0.4, 0.5) is 14.9 Å². The molecule has 1 aliphatic rings. The lowest BCUT2D eigenvalue weighted by molar-refractivity contribution is 0.0485. The molecule has 1 saturated heterocycles. The van der Waals surface area contributed by atoms with Crippen LogP contribution in [0.5, 0.6) is 0 Å². The van der Waals surface area contributed by atoms with Crippen LogP contribution < -0.4 is 4.31 Å². The van der Waals surface area contributed by atoms with Crippen LogP contribution >= 0.6 is 0 Å². The van der Waals surface area contributed by atoms with Gasteiger partial charge in [-0.2, -0.15) is 9.37 Å². The van der Waals surface area contributed by atoms with Crippen LogP contribution in [0.2, 0.25) is 0 Å². The normalized spacial score (nSPS) is 21.2. The fraction of sp³-hybridized carbons (Fsp3) is 0.125. The zero-order chi connectivity index (χ0) is 11.0. The van der Waals surface area contributed by atoms with E-state index in [-0.39, 0.29) is 5.69 Å². The third-order valence-electron chi connectivity index (χ3n) is 1.84. The molecule has 80 valence electrons. The number of hydrogen-bond donors (Lipinski definition) is 0. The number of urea groups is 1. The Bertz CT molecular complexity index is 440. The van der Waals surface area contributed by atoms with Gasteiger partial charge in [-0.1, -0.05) is 12.1 Å². The Balaban J connectivity index is 2.44. The van der Waals surface area contributed by atoms with E-state index in [9.17, 15) is 13.4 Å². The predicted molar refractivity (Wildman–Crippen MR) is 51.3 cm³/mol. The smallest absolute Gasteiger partial charge is 0.244 e. The average molecular weight is 230 g/mol. The molecular formula is C8H7FN2O3S. The second kappa shape index (κ2) is 3.59. The fourth-order valence-electron chi connectivity index (χ4n) is 1.15. The van der Waals surface area contributed by atoms with Gasteiger partial charge in [0.15, 0.2) is 0 Å². The van der Waals surface area contributed by atoms with E-state index >= 15 is 0 Å². The Morgan fingerprint density at radius 1 is 1.40 bits per heavy atom. The Kier molecular flexibility index (Phi) is 2.41.